The summed E-state index contributed by atoms with van der Waals surface area (Å²) in [7, 11) is 1.47. The van der Waals surface area contributed by atoms with Gasteiger partial charge in [0.25, 0.3) is 0 Å². The molecule has 0 radical (unpaired) electrons. The Hall–Kier alpha value is -1.62. The second-order valence-corrected chi connectivity index (χ2v) is 6.23. The number of esters is 1. The second-order valence-electron chi connectivity index (χ2n) is 5.20. The molecule has 0 atom stereocenters. The smallest absolute Gasteiger partial charge is 0.308 e. The first-order chi connectivity index (χ1) is 9.76. The molecule has 5 heteroatoms. The highest BCUT2D eigenvalue weighted by atomic mass is 32.1. The summed E-state index contributed by atoms with van der Waals surface area (Å²) in [6.07, 6.45) is 3.79. The Morgan fingerprint density at radius 1 is 1.30 bits per heavy atom. The third-order valence-electron chi connectivity index (χ3n) is 3.88. The van der Waals surface area contributed by atoms with Gasteiger partial charge in [-0.2, -0.15) is 0 Å². The van der Waals surface area contributed by atoms with E-state index in [-0.39, 0.29) is 11.9 Å². The molecule has 1 aliphatic rings. The van der Waals surface area contributed by atoms with Crippen molar-refractivity contribution in [1.29, 1.82) is 0 Å². The van der Waals surface area contributed by atoms with Gasteiger partial charge in [0.15, 0.2) is 5.13 Å². The Morgan fingerprint density at radius 2 is 2.05 bits per heavy atom. The highest BCUT2D eigenvalue weighted by molar-refractivity contribution is 7.22. The van der Waals surface area contributed by atoms with Crippen molar-refractivity contribution in [3.05, 3.63) is 24.3 Å². The van der Waals surface area contributed by atoms with Crippen LogP contribution in [0.15, 0.2) is 24.3 Å². The lowest BCUT2D eigenvalue weighted by atomic mass is 9.86. The zero-order valence-electron chi connectivity index (χ0n) is 11.5. The maximum atomic E-state index is 11.5. The molecule has 1 heterocycles. The van der Waals surface area contributed by atoms with Crippen LogP contribution in [0.3, 0.4) is 0 Å². The Labute approximate surface area is 122 Å². The molecule has 1 aromatic carbocycles. The zero-order chi connectivity index (χ0) is 13.9. The largest absolute Gasteiger partial charge is 0.469 e. The topological polar surface area (TPSA) is 51.2 Å². The van der Waals surface area contributed by atoms with Gasteiger partial charge < -0.3 is 10.1 Å². The van der Waals surface area contributed by atoms with Crippen molar-refractivity contribution in [2.75, 3.05) is 12.4 Å². The van der Waals surface area contributed by atoms with Gasteiger partial charge >= 0.3 is 5.97 Å². The van der Waals surface area contributed by atoms with E-state index in [9.17, 15) is 4.79 Å². The SMILES string of the molecule is COC(=O)C1CCC(Nc2nc3ccccc3s2)CC1. The average Bonchev–Trinajstić information content (AvgIpc) is 2.89. The molecule has 3 rings (SSSR count). The lowest BCUT2D eigenvalue weighted by Gasteiger charge is -2.27. The van der Waals surface area contributed by atoms with Crippen molar-refractivity contribution < 1.29 is 9.53 Å². The highest BCUT2D eigenvalue weighted by Gasteiger charge is 2.27. The van der Waals surface area contributed by atoms with E-state index >= 15 is 0 Å². The predicted molar refractivity (Wildman–Crippen MR) is 81.0 cm³/mol. The predicted octanol–water partition coefficient (Wildman–Crippen LogP) is 3.44. The first-order valence-electron chi connectivity index (χ1n) is 6.96. The van der Waals surface area contributed by atoms with E-state index in [0.29, 0.717) is 6.04 Å². The fraction of sp³-hybridized carbons (Fsp3) is 0.467. The average molecular weight is 290 g/mol. The number of rotatable bonds is 3. The van der Waals surface area contributed by atoms with E-state index in [1.54, 1.807) is 11.3 Å². The zero-order valence-corrected chi connectivity index (χ0v) is 12.3. The number of nitrogens with one attached hydrogen (secondary N) is 1. The first-order valence-corrected chi connectivity index (χ1v) is 7.78. The Balaban J connectivity index is 1.60. The van der Waals surface area contributed by atoms with Crippen LogP contribution in [0.25, 0.3) is 10.2 Å². The molecule has 0 spiro atoms. The minimum absolute atomic E-state index is 0.0663. The van der Waals surface area contributed by atoms with E-state index < -0.39 is 0 Å². The molecular formula is C15H18N2O2S. The van der Waals surface area contributed by atoms with Gasteiger partial charge in [-0.05, 0) is 37.8 Å². The van der Waals surface area contributed by atoms with Crippen molar-refractivity contribution in [3.8, 4) is 0 Å². The fourth-order valence-electron chi connectivity index (χ4n) is 2.75. The third kappa shape index (κ3) is 2.77. The molecule has 4 nitrogen and oxygen atoms in total. The maximum absolute atomic E-state index is 11.5. The van der Waals surface area contributed by atoms with Crippen LogP contribution in [0.4, 0.5) is 5.13 Å². The van der Waals surface area contributed by atoms with Crippen molar-refractivity contribution in [1.82, 2.24) is 4.98 Å². The number of carbonyl (C=O) groups is 1. The van der Waals surface area contributed by atoms with E-state index in [4.69, 9.17) is 4.74 Å². The molecule has 1 fully saturated rings. The lowest BCUT2D eigenvalue weighted by Crippen LogP contribution is -2.29. The van der Waals surface area contributed by atoms with Crippen molar-refractivity contribution in [2.45, 2.75) is 31.7 Å². The molecule has 106 valence electrons. The summed E-state index contributed by atoms with van der Waals surface area (Å²) < 4.78 is 6.02. The third-order valence-corrected chi connectivity index (χ3v) is 4.85. The monoisotopic (exact) mass is 290 g/mol. The lowest BCUT2D eigenvalue weighted by molar-refractivity contribution is -0.146. The van der Waals surface area contributed by atoms with E-state index in [0.717, 1.165) is 36.3 Å². The van der Waals surface area contributed by atoms with Crippen LogP contribution in [0.2, 0.25) is 0 Å². The molecule has 0 aliphatic heterocycles. The molecule has 1 N–H and O–H groups in total. The van der Waals surface area contributed by atoms with Crippen LogP contribution in [0.1, 0.15) is 25.7 Å². The molecule has 0 unspecified atom stereocenters. The van der Waals surface area contributed by atoms with Gasteiger partial charge in [-0.1, -0.05) is 23.5 Å². The summed E-state index contributed by atoms with van der Waals surface area (Å²) >= 11 is 1.69. The number of hydrogen-bond donors (Lipinski definition) is 1. The Bertz CT molecular complexity index is 570. The molecule has 0 amide bonds. The van der Waals surface area contributed by atoms with Crippen LogP contribution in [0.5, 0.6) is 0 Å². The quantitative estimate of drug-likeness (QED) is 0.880. The Kier molecular flexibility index (Phi) is 3.87. The van der Waals surface area contributed by atoms with Crippen LogP contribution in [-0.2, 0) is 9.53 Å². The number of methoxy groups -OCH3 is 1. The molecule has 20 heavy (non-hydrogen) atoms. The van der Waals surface area contributed by atoms with E-state index in [1.165, 1.54) is 11.8 Å². The van der Waals surface area contributed by atoms with Gasteiger partial charge in [0.05, 0.1) is 23.2 Å². The number of fused-ring (bicyclic) bond motifs is 1. The fourth-order valence-corrected chi connectivity index (χ4v) is 3.69. The number of benzene rings is 1. The van der Waals surface area contributed by atoms with Crippen LogP contribution >= 0.6 is 11.3 Å². The summed E-state index contributed by atoms with van der Waals surface area (Å²) in [5.41, 5.74) is 1.04. The summed E-state index contributed by atoms with van der Waals surface area (Å²) in [6.45, 7) is 0. The summed E-state index contributed by atoms with van der Waals surface area (Å²) in [6, 6.07) is 8.58. The molecule has 1 aromatic heterocycles. The first kappa shape index (κ1) is 13.4. The summed E-state index contributed by atoms with van der Waals surface area (Å²) in [5.74, 6) is 0.0110. The summed E-state index contributed by atoms with van der Waals surface area (Å²) in [4.78, 5) is 16.1. The number of anilines is 1. The minimum Gasteiger partial charge on any atom is -0.469 e. The van der Waals surface area contributed by atoms with Crippen molar-refractivity contribution in [3.63, 3.8) is 0 Å². The van der Waals surface area contributed by atoms with E-state index in [2.05, 4.69) is 16.4 Å². The number of hydrogen-bond acceptors (Lipinski definition) is 5. The van der Waals surface area contributed by atoms with Gasteiger partial charge in [0.1, 0.15) is 0 Å². The normalized spacial score (nSPS) is 22.6. The molecule has 0 saturated heterocycles. The van der Waals surface area contributed by atoms with Crippen LogP contribution in [-0.4, -0.2) is 24.1 Å². The second kappa shape index (κ2) is 5.79. The van der Waals surface area contributed by atoms with Gasteiger partial charge in [0.2, 0.25) is 0 Å². The standard InChI is InChI=1S/C15H18N2O2S/c1-19-14(18)10-6-8-11(9-7-10)16-15-17-12-4-2-3-5-13(12)20-15/h2-5,10-11H,6-9H2,1H3,(H,16,17). The number of ether oxygens (including phenoxy) is 1. The van der Waals surface area contributed by atoms with Crippen molar-refractivity contribution >= 4 is 32.7 Å². The number of carbonyl (C=O) groups excluding carboxylic acids is 1. The van der Waals surface area contributed by atoms with E-state index in [1.807, 2.05) is 18.2 Å². The van der Waals surface area contributed by atoms with Crippen LogP contribution in [0, 0.1) is 5.92 Å². The molecule has 0 bridgehead atoms. The number of aromatic nitrogens is 1. The molecular weight excluding hydrogens is 272 g/mol. The van der Waals surface area contributed by atoms with Crippen molar-refractivity contribution in [2.24, 2.45) is 5.92 Å². The van der Waals surface area contributed by atoms with Gasteiger partial charge in [-0.25, -0.2) is 4.98 Å². The number of thiazole rings is 1. The molecule has 1 aliphatic carbocycles. The summed E-state index contributed by atoms with van der Waals surface area (Å²) in [5, 5.41) is 4.48. The molecule has 1 saturated carbocycles. The highest BCUT2D eigenvalue weighted by Crippen LogP contribution is 2.30. The molecule has 2 aromatic rings. The van der Waals surface area contributed by atoms with Gasteiger partial charge in [-0.3, -0.25) is 4.79 Å². The number of nitrogens with zero attached hydrogens (tertiary/aromatic N) is 1. The van der Waals surface area contributed by atoms with Gasteiger partial charge in [0, 0.05) is 6.04 Å². The maximum Gasteiger partial charge on any atom is 0.308 e. The minimum atomic E-state index is -0.0663. The number of para-hydroxylation sites is 1. The van der Waals surface area contributed by atoms with Gasteiger partial charge in [-0.15, -0.1) is 0 Å². The Morgan fingerprint density at radius 3 is 2.75 bits per heavy atom. The van der Waals surface area contributed by atoms with Crippen LogP contribution < -0.4 is 5.32 Å².